The van der Waals surface area contributed by atoms with E-state index >= 15 is 0 Å². The highest BCUT2D eigenvalue weighted by atomic mass is 14.4. The summed E-state index contributed by atoms with van der Waals surface area (Å²) in [6.07, 6.45) is 13.5. The van der Waals surface area contributed by atoms with Gasteiger partial charge in [0.2, 0.25) is 0 Å². The molecule has 0 aliphatic heterocycles. The molecular formula is C26H32. The van der Waals surface area contributed by atoms with E-state index in [1.54, 1.807) is 5.57 Å². The topological polar surface area (TPSA) is 0 Å². The van der Waals surface area contributed by atoms with Crippen LogP contribution in [0.2, 0.25) is 0 Å². The van der Waals surface area contributed by atoms with Gasteiger partial charge in [-0.15, -0.1) is 0 Å². The molecule has 1 saturated carbocycles. The zero-order valence-corrected chi connectivity index (χ0v) is 16.7. The summed E-state index contributed by atoms with van der Waals surface area (Å²) in [5, 5.41) is 0. The number of rotatable bonds is 5. The molecule has 0 N–H and O–H groups in total. The predicted octanol–water partition coefficient (Wildman–Crippen LogP) is 7.66. The number of allylic oxidation sites excluding steroid dienone is 1. The van der Waals surface area contributed by atoms with E-state index < -0.39 is 0 Å². The van der Waals surface area contributed by atoms with Gasteiger partial charge in [0.15, 0.2) is 0 Å². The van der Waals surface area contributed by atoms with E-state index in [4.69, 9.17) is 0 Å². The molecule has 2 aromatic carbocycles. The number of benzene rings is 2. The van der Waals surface area contributed by atoms with Gasteiger partial charge in [-0.25, -0.2) is 0 Å². The second-order valence-corrected chi connectivity index (χ2v) is 8.87. The summed E-state index contributed by atoms with van der Waals surface area (Å²) in [5.41, 5.74) is 10.8. The van der Waals surface area contributed by atoms with E-state index in [2.05, 4.69) is 63.2 Å². The van der Waals surface area contributed by atoms with Crippen LogP contribution in [0, 0.1) is 19.3 Å². The van der Waals surface area contributed by atoms with Gasteiger partial charge < -0.3 is 0 Å². The zero-order chi connectivity index (χ0) is 18.1. The number of aryl methyl sites for hydroxylation is 2. The Bertz CT molecular complexity index is 811. The van der Waals surface area contributed by atoms with Crippen LogP contribution in [0.4, 0.5) is 0 Å². The van der Waals surface area contributed by atoms with Crippen LogP contribution in [0.15, 0.2) is 42.0 Å². The molecule has 0 bridgehead atoms. The molecule has 2 aliphatic carbocycles. The molecule has 0 heteroatoms. The Kier molecular flexibility index (Phi) is 4.78. The van der Waals surface area contributed by atoms with Crippen LogP contribution in [-0.2, 0) is 6.42 Å². The fraction of sp³-hybridized carbons (Fsp3) is 0.462. The summed E-state index contributed by atoms with van der Waals surface area (Å²) in [6.45, 7) is 6.76. The van der Waals surface area contributed by atoms with Crippen LogP contribution >= 0.6 is 0 Å². The van der Waals surface area contributed by atoms with Crippen molar-refractivity contribution in [1.29, 1.82) is 0 Å². The minimum absolute atomic E-state index is 0.600. The van der Waals surface area contributed by atoms with Crippen LogP contribution in [0.1, 0.15) is 74.1 Å². The fourth-order valence-electron chi connectivity index (χ4n) is 5.59. The Labute approximate surface area is 159 Å². The summed E-state index contributed by atoms with van der Waals surface area (Å²) in [4.78, 5) is 0. The third-order valence-electron chi connectivity index (χ3n) is 6.54. The van der Waals surface area contributed by atoms with Gasteiger partial charge in [-0.05, 0) is 73.6 Å². The first-order valence-electron chi connectivity index (χ1n) is 10.5. The van der Waals surface area contributed by atoms with Crippen molar-refractivity contribution in [2.45, 2.75) is 72.1 Å². The lowest BCUT2D eigenvalue weighted by Crippen LogP contribution is -2.17. The summed E-state index contributed by atoms with van der Waals surface area (Å²) < 4.78 is 0. The number of fused-ring (bicyclic) bond motifs is 1. The van der Waals surface area contributed by atoms with E-state index in [0.29, 0.717) is 5.41 Å². The monoisotopic (exact) mass is 344 g/mol. The Hall–Kier alpha value is -1.82. The van der Waals surface area contributed by atoms with Gasteiger partial charge in [-0.1, -0.05) is 85.4 Å². The molecule has 1 fully saturated rings. The molecule has 0 aromatic heterocycles. The van der Waals surface area contributed by atoms with Crippen molar-refractivity contribution >= 4 is 6.08 Å². The molecular weight excluding hydrogens is 312 g/mol. The highest BCUT2D eigenvalue weighted by Crippen LogP contribution is 2.48. The number of hydrogen-bond acceptors (Lipinski definition) is 0. The highest BCUT2D eigenvalue weighted by Gasteiger charge is 2.34. The molecule has 2 aromatic rings. The van der Waals surface area contributed by atoms with Crippen LogP contribution < -0.4 is 0 Å². The Morgan fingerprint density at radius 3 is 2.38 bits per heavy atom. The summed E-state index contributed by atoms with van der Waals surface area (Å²) in [7, 11) is 0. The first-order valence-corrected chi connectivity index (χ1v) is 10.5. The average Bonchev–Trinajstić information content (AvgIpc) is 3.20. The maximum Gasteiger partial charge on any atom is -0.00574 e. The van der Waals surface area contributed by atoms with Crippen LogP contribution in [0.25, 0.3) is 17.2 Å². The van der Waals surface area contributed by atoms with Crippen molar-refractivity contribution in [1.82, 2.24) is 0 Å². The normalized spacial score (nSPS) is 18.0. The van der Waals surface area contributed by atoms with Crippen LogP contribution in [0.5, 0.6) is 0 Å². The molecule has 0 radical (unpaired) electrons. The largest absolute Gasteiger partial charge is 0.0654 e. The zero-order valence-electron chi connectivity index (χ0n) is 16.7. The van der Waals surface area contributed by atoms with Crippen LogP contribution in [0.3, 0.4) is 0 Å². The minimum atomic E-state index is 0.600. The molecule has 0 nitrogen and oxygen atoms in total. The Morgan fingerprint density at radius 1 is 0.962 bits per heavy atom. The van der Waals surface area contributed by atoms with E-state index in [0.717, 1.165) is 0 Å². The second kappa shape index (κ2) is 7.06. The Morgan fingerprint density at radius 2 is 1.69 bits per heavy atom. The van der Waals surface area contributed by atoms with Crippen LogP contribution in [-0.4, -0.2) is 0 Å². The lowest BCUT2D eigenvalue weighted by Gasteiger charge is -2.29. The third-order valence-corrected chi connectivity index (χ3v) is 6.54. The van der Waals surface area contributed by atoms with Gasteiger partial charge >= 0.3 is 0 Å². The molecule has 136 valence electrons. The predicted molar refractivity (Wildman–Crippen MR) is 113 cm³/mol. The summed E-state index contributed by atoms with van der Waals surface area (Å²) >= 11 is 0. The molecule has 4 rings (SSSR count). The highest BCUT2D eigenvalue weighted by molar-refractivity contribution is 5.81. The van der Waals surface area contributed by atoms with Crippen molar-refractivity contribution in [3.63, 3.8) is 0 Å². The summed E-state index contributed by atoms with van der Waals surface area (Å²) in [5.74, 6) is 0. The lowest BCUT2D eigenvalue weighted by molar-refractivity contribution is 0.265. The second-order valence-electron chi connectivity index (χ2n) is 8.87. The average molecular weight is 345 g/mol. The molecule has 0 unspecified atom stereocenters. The van der Waals surface area contributed by atoms with Crippen molar-refractivity contribution in [2.75, 3.05) is 0 Å². The van der Waals surface area contributed by atoms with Gasteiger partial charge in [0.05, 0.1) is 0 Å². The molecule has 0 heterocycles. The van der Waals surface area contributed by atoms with E-state index in [-0.39, 0.29) is 0 Å². The quantitative estimate of drug-likeness (QED) is 0.522. The SMILES string of the molecule is CCCC1(CC2=Cc3c(cccc3-c3cc(C)cc(C)c3)C2)CCCC1. The van der Waals surface area contributed by atoms with Gasteiger partial charge in [0.25, 0.3) is 0 Å². The fourth-order valence-corrected chi connectivity index (χ4v) is 5.59. The molecule has 2 aliphatic rings. The first-order chi connectivity index (χ1) is 12.6. The smallest absolute Gasteiger partial charge is 0.00574 e. The van der Waals surface area contributed by atoms with Gasteiger partial charge in [0.1, 0.15) is 0 Å². The molecule has 26 heavy (non-hydrogen) atoms. The van der Waals surface area contributed by atoms with Gasteiger partial charge in [0, 0.05) is 0 Å². The first kappa shape index (κ1) is 17.6. The van der Waals surface area contributed by atoms with E-state index in [1.165, 1.54) is 84.7 Å². The molecule has 0 amide bonds. The molecule has 0 saturated heterocycles. The van der Waals surface area contributed by atoms with Crippen molar-refractivity contribution in [3.05, 3.63) is 64.2 Å². The van der Waals surface area contributed by atoms with Crippen molar-refractivity contribution in [3.8, 4) is 11.1 Å². The molecule has 0 spiro atoms. The molecule has 0 atom stereocenters. The van der Waals surface area contributed by atoms with Crippen molar-refractivity contribution < 1.29 is 0 Å². The van der Waals surface area contributed by atoms with Crippen molar-refractivity contribution in [2.24, 2.45) is 5.41 Å². The van der Waals surface area contributed by atoms with Gasteiger partial charge in [-0.3, -0.25) is 0 Å². The van der Waals surface area contributed by atoms with E-state index in [9.17, 15) is 0 Å². The lowest BCUT2D eigenvalue weighted by atomic mass is 9.76. The third kappa shape index (κ3) is 3.39. The standard InChI is InChI=1S/C26H32/c1-4-10-26(11-5-6-12-26)18-21-16-22-8-7-9-24(25(22)17-21)23-14-19(2)13-20(3)15-23/h7-9,13-15,17H,4-6,10-12,16,18H2,1-3H3. The van der Waals surface area contributed by atoms with E-state index in [1.807, 2.05) is 0 Å². The number of hydrogen-bond donors (Lipinski definition) is 0. The summed E-state index contributed by atoms with van der Waals surface area (Å²) in [6, 6.07) is 13.8. The Balaban J connectivity index is 1.67. The minimum Gasteiger partial charge on any atom is -0.0654 e. The van der Waals surface area contributed by atoms with Gasteiger partial charge in [-0.2, -0.15) is 0 Å². The maximum absolute atomic E-state index is 2.54. The maximum atomic E-state index is 2.54.